The molecule has 2 heterocycles. The average molecular weight is 325 g/mol. The highest BCUT2D eigenvalue weighted by Gasteiger charge is 2.38. The van der Waals surface area contributed by atoms with Crippen LogP contribution in [0.5, 0.6) is 0 Å². The normalized spacial score (nSPS) is 14.6. The van der Waals surface area contributed by atoms with Crippen LogP contribution in [0, 0.1) is 0 Å². The molecule has 0 fully saturated rings. The van der Waals surface area contributed by atoms with Crippen molar-refractivity contribution in [1.82, 2.24) is 4.90 Å². The van der Waals surface area contributed by atoms with Crippen LogP contribution in [-0.2, 0) is 25.6 Å². The summed E-state index contributed by atoms with van der Waals surface area (Å²) in [5, 5.41) is 1.86. The molecule has 1 aliphatic rings. The molecule has 0 radical (unpaired) electrons. The minimum Gasteiger partial charge on any atom is -0.466 e. The predicted molar refractivity (Wildman–Crippen MR) is 80.5 cm³/mol. The molecule has 0 spiro atoms. The predicted octanol–water partition coefficient (Wildman–Crippen LogP) is 1.98. The molecule has 1 aliphatic heterocycles. The van der Waals surface area contributed by atoms with Gasteiger partial charge >= 0.3 is 11.9 Å². The van der Waals surface area contributed by atoms with Gasteiger partial charge in [0.15, 0.2) is 0 Å². The van der Waals surface area contributed by atoms with Crippen LogP contribution in [0.3, 0.4) is 0 Å². The molecular weight excluding hydrogens is 306 g/mol. The maximum absolute atomic E-state index is 12.4. The summed E-state index contributed by atoms with van der Waals surface area (Å²) in [6, 6.07) is 1.01. The molecule has 0 saturated heterocycles. The Morgan fingerprint density at radius 2 is 2.05 bits per heavy atom. The zero-order valence-electron chi connectivity index (χ0n) is 12.7. The van der Waals surface area contributed by atoms with Crippen LogP contribution in [0.4, 0.5) is 0 Å². The maximum atomic E-state index is 12.4. The first-order valence-electron chi connectivity index (χ1n) is 7.28. The molecule has 0 aromatic carbocycles. The minimum atomic E-state index is -0.753. The van der Waals surface area contributed by atoms with E-state index in [0.29, 0.717) is 18.7 Å². The number of hydrogen-bond acceptors (Lipinski definition) is 6. The molecule has 2 rings (SSSR count). The third-order valence-corrected chi connectivity index (χ3v) is 4.32. The Kier molecular flexibility index (Phi) is 5.54. The smallest absolute Gasteiger partial charge is 0.328 e. The van der Waals surface area contributed by atoms with Crippen LogP contribution in [0.15, 0.2) is 11.4 Å². The van der Waals surface area contributed by atoms with Crippen molar-refractivity contribution in [2.45, 2.75) is 39.3 Å². The topological polar surface area (TPSA) is 72.9 Å². The monoisotopic (exact) mass is 325 g/mol. The van der Waals surface area contributed by atoms with Crippen molar-refractivity contribution in [3.05, 3.63) is 21.9 Å². The number of ether oxygens (including phenoxy) is 2. The largest absolute Gasteiger partial charge is 0.466 e. The Hall–Kier alpha value is -1.89. The zero-order valence-corrected chi connectivity index (χ0v) is 13.5. The molecule has 1 aromatic heterocycles. The first-order valence-corrected chi connectivity index (χ1v) is 8.16. The molecule has 0 saturated carbocycles. The van der Waals surface area contributed by atoms with E-state index < -0.39 is 12.0 Å². The van der Waals surface area contributed by atoms with Gasteiger partial charge in [-0.25, -0.2) is 4.79 Å². The van der Waals surface area contributed by atoms with Gasteiger partial charge in [-0.2, -0.15) is 0 Å². The second kappa shape index (κ2) is 7.40. The van der Waals surface area contributed by atoms with Gasteiger partial charge in [0.2, 0.25) is 0 Å². The van der Waals surface area contributed by atoms with Crippen LogP contribution in [0.1, 0.15) is 41.9 Å². The lowest BCUT2D eigenvalue weighted by molar-refractivity contribution is -0.150. The number of rotatable bonds is 7. The van der Waals surface area contributed by atoms with Crippen LogP contribution in [0.2, 0.25) is 0 Å². The highest BCUT2D eigenvalue weighted by Crippen LogP contribution is 2.30. The Balaban J connectivity index is 2.08. The third-order valence-electron chi connectivity index (χ3n) is 3.41. The van der Waals surface area contributed by atoms with E-state index in [1.54, 1.807) is 19.9 Å². The first-order chi connectivity index (χ1) is 10.6. The van der Waals surface area contributed by atoms with E-state index in [9.17, 15) is 14.4 Å². The number of hydrogen-bond donors (Lipinski definition) is 0. The second-order valence-corrected chi connectivity index (χ2v) is 5.80. The number of fused-ring (bicyclic) bond motifs is 1. The second-order valence-electron chi connectivity index (χ2n) is 4.80. The van der Waals surface area contributed by atoms with Gasteiger partial charge in [-0.05, 0) is 31.7 Å². The third kappa shape index (κ3) is 3.47. The van der Waals surface area contributed by atoms with Gasteiger partial charge in [-0.3, -0.25) is 9.59 Å². The van der Waals surface area contributed by atoms with Gasteiger partial charge in [-0.1, -0.05) is 0 Å². The van der Waals surface area contributed by atoms with E-state index in [2.05, 4.69) is 0 Å². The SMILES string of the molecule is CCOC(=O)CC[C@@H](C(=O)OCC)N1Cc2sccc2C1=O. The molecule has 6 nitrogen and oxygen atoms in total. The molecule has 1 amide bonds. The van der Waals surface area contributed by atoms with Crippen molar-refractivity contribution in [2.24, 2.45) is 0 Å². The number of carbonyl (C=O) groups is 3. The van der Waals surface area contributed by atoms with E-state index in [1.807, 2.05) is 5.38 Å². The summed E-state index contributed by atoms with van der Waals surface area (Å²) in [6.45, 7) is 4.35. The summed E-state index contributed by atoms with van der Waals surface area (Å²) in [4.78, 5) is 38.5. The fourth-order valence-corrected chi connectivity index (χ4v) is 3.28. The summed E-state index contributed by atoms with van der Waals surface area (Å²) >= 11 is 1.49. The summed E-state index contributed by atoms with van der Waals surface area (Å²) in [7, 11) is 0. The van der Waals surface area contributed by atoms with Crippen molar-refractivity contribution in [2.75, 3.05) is 13.2 Å². The molecule has 0 unspecified atom stereocenters. The Morgan fingerprint density at radius 1 is 1.32 bits per heavy atom. The van der Waals surface area contributed by atoms with Crippen LogP contribution < -0.4 is 0 Å². The van der Waals surface area contributed by atoms with Crippen molar-refractivity contribution in [3.8, 4) is 0 Å². The molecule has 1 atom stereocenters. The molecule has 22 heavy (non-hydrogen) atoms. The Morgan fingerprint density at radius 3 is 2.68 bits per heavy atom. The quantitative estimate of drug-likeness (QED) is 0.717. The van der Waals surface area contributed by atoms with Crippen molar-refractivity contribution in [3.63, 3.8) is 0 Å². The molecule has 7 heteroatoms. The summed E-state index contributed by atoms with van der Waals surface area (Å²) in [5.74, 6) is -1.04. The van der Waals surface area contributed by atoms with E-state index >= 15 is 0 Å². The molecule has 0 N–H and O–H groups in total. The fraction of sp³-hybridized carbons (Fsp3) is 0.533. The van der Waals surface area contributed by atoms with Crippen molar-refractivity contribution >= 4 is 29.2 Å². The van der Waals surface area contributed by atoms with Gasteiger partial charge in [0.1, 0.15) is 6.04 Å². The van der Waals surface area contributed by atoms with Gasteiger partial charge < -0.3 is 14.4 Å². The van der Waals surface area contributed by atoms with Crippen LogP contribution >= 0.6 is 11.3 Å². The lowest BCUT2D eigenvalue weighted by Gasteiger charge is -2.25. The van der Waals surface area contributed by atoms with E-state index in [4.69, 9.17) is 9.47 Å². The van der Waals surface area contributed by atoms with Crippen molar-refractivity contribution in [1.29, 1.82) is 0 Å². The van der Waals surface area contributed by atoms with E-state index in [1.165, 1.54) is 16.2 Å². The average Bonchev–Trinajstić information content (AvgIpc) is 3.04. The molecular formula is C15H19NO5S. The van der Waals surface area contributed by atoms with Crippen LogP contribution in [0.25, 0.3) is 0 Å². The van der Waals surface area contributed by atoms with Crippen LogP contribution in [-0.4, -0.2) is 42.0 Å². The lowest BCUT2D eigenvalue weighted by atomic mass is 10.1. The van der Waals surface area contributed by atoms with Gasteiger partial charge in [0.05, 0.1) is 25.3 Å². The molecule has 0 aliphatic carbocycles. The van der Waals surface area contributed by atoms with E-state index in [-0.39, 0.29) is 31.3 Å². The highest BCUT2D eigenvalue weighted by atomic mass is 32.1. The number of thiophene rings is 1. The van der Waals surface area contributed by atoms with Gasteiger partial charge in [-0.15, -0.1) is 11.3 Å². The number of esters is 2. The van der Waals surface area contributed by atoms with Gasteiger partial charge in [0.25, 0.3) is 5.91 Å². The molecule has 120 valence electrons. The highest BCUT2D eigenvalue weighted by molar-refractivity contribution is 7.10. The zero-order chi connectivity index (χ0) is 16.1. The molecule has 0 bridgehead atoms. The Bertz CT molecular complexity index is 568. The first kappa shape index (κ1) is 16.5. The number of nitrogens with zero attached hydrogens (tertiary/aromatic N) is 1. The number of amides is 1. The maximum Gasteiger partial charge on any atom is 0.328 e. The summed E-state index contributed by atoms with van der Waals surface area (Å²) < 4.78 is 9.93. The summed E-state index contributed by atoms with van der Waals surface area (Å²) in [6.07, 6.45) is 0.285. The Labute approximate surface area is 133 Å². The minimum absolute atomic E-state index is 0.0781. The molecule has 1 aromatic rings. The fourth-order valence-electron chi connectivity index (χ4n) is 2.41. The standard InChI is InChI=1S/C15H19NO5S/c1-3-20-13(17)6-5-11(15(19)21-4-2)16-9-12-10(14(16)18)7-8-22-12/h7-8,11H,3-6,9H2,1-2H3/t11-/m0/s1. The van der Waals surface area contributed by atoms with Gasteiger partial charge in [0, 0.05) is 11.3 Å². The van der Waals surface area contributed by atoms with Crippen molar-refractivity contribution < 1.29 is 23.9 Å². The number of carbonyl (C=O) groups excluding carboxylic acids is 3. The van der Waals surface area contributed by atoms with E-state index in [0.717, 1.165) is 4.88 Å². The summed E-state index contributed by atoms with van der Waals surface area (Å²) in [5.41, 5.74) is 0.635. The lowest BCUT2D eigenvalue weighted by Crippen LogP contribution is -2.42.